The number of hydrogen-bond acceptors (Lipinski definition) is 5. The van der Waals surface area contributed by atoms with Crippen LogP contribution in [-0.4, -0.2) is 45.4 Å². The first-order valence-corrected chi connectivity index (χ1v) is 18.3. The van der Waals surface area contributed by atoms with Crippen LogP contribution in [0.3, 0.4) is 0 Å². The van der Waals surface area contributed by atoms with Crippen LogP contribution in [0.25, 0.3) is 43.1 Å². The highest BCUT2D eigenvalue weighted by Crippen LogP contribution is 2.49. The Balaban J connectivity index is 1.48. The van der Waals surface area contributed by atoms with E-state index < -0.39 is 6.04 Å². The Morgan fingerprint density at radius 3 is 1.63 bits per heavy atom. The van der Waals surface area contributed by atoms with E-state index in [9.17, 15) is 9.59 Å². The third-order valence-corrected chi connectivity index (χ3v) is 12.1. The molecular weight excluding hydrogens is 587 g/mol. The first kappa shape index (κ1) is 31.4. The minimum absolute atomic E-state index is 0.00718. The third kappa shape index (κ3) is 5.08. The molecule has 0 saturated heterocycles. The van der Waals surface area contributed by atoms with Gasteiger partial charge in [0.25, 0.3) is 0 Å². The van der Waals surface area contributed by atoms with Crippen LogP contribution in [-0.2, 0) is 35.8 Å². The van der Waals surface area contributed by atoms with Crippen LogP contribution in [0.15, 0.2) is 47.4 Å². The van der Waals surface area contributed by atoms with Gasteiger partial charge < -0.3 is 5.32 Å². The summed E-state index contributed by atoms with van der Waals surface area (Å²) < 4.78 is 0. The van der Waals surface area contributed by atoms with Crippen molar-refractivity contribution < 1.29 is 9.59 Å². The first-order chi connectivity index (χ1) is 22.3. The van der Waals surface area contributed by atoms with Gasteiger partial charge in [0.05, 0.1) is 6.04 Å². The Hall–Kier alpha value is -3.19. The second-order valence-corrected chi connectivity index (χ2v) is 14.7. The van der Waals surface area contributed by atoms with Crippen molar-refractivity contribution in [1.29, 1.82) is 0 Å². The van der Waals surface area contributed by atoms with E-state index >= 15 is 0 Å². The Labute approximate surface area is 277 Å². The lowest BCUT2D eigenvalue weighted by Gasteiger charge is -2.37. The molecule has 6 heteroatoms. The average molecular weight is 634 g/mol. The van der Waals surface area contributed by atoms with E-state index in [1.165, 1.54) is 90.0 Å². The maximum atomic E-state index is 12.6. The van der Waals surface area contributed by atoms with Crippen molar-refractivity contribution in [3.63, 3.8) is 0 Å². The van der Waals surface area contributed by atoms with Crippen LogP contribution < -0.4 is 5.32 Å². The summed E-state index contributed by atoms with van der Waals surface area (Å²) in [5.41, 5.74) is 5.66. The fourth-order valence-corrected chi connectivity index (χ4v) is 9.94. The van der Waals surface area contributed by atoms with Gasteiger partial charge in [0, 0.05) is 61.2 Å². The van der Waals surface area contributed by atoms with Crippen LogP contribution in [0.2, 0.25) is 0 Å². The van der Waals surface area contributed by atoms with Gasteiger partial charge in [-0.3, -0.25) is 19.4 Å². The monoisotopic (exact) mass is 633 g/mol. The Morgan fingerprint density at radius 2 is 1.13 bits per heavy atom. The maximum absolute atomic E-state index is 12.6. The molecule has 2 aliphatic rings. The molecule has 0 radical (unpaired) electrons. The number of benzene rings is 5. The summed E-state index contributed by atoms with van der Waals surface area (Å²) in [5.74, 6) is 0.336. The van der Waals surface area contributed by atoms with Gasteiger partial charge >= 0.3 is 0 Å². The second-order valence-electron chi connectivity index (χ2n) is 13.7. The number of amides is 1. The molecule has 5 aromatic rings. The summed E-state index contributed by atoms with van der Waals surface area (Å²) in [7, 11) is 0. The fourth-order valence-electron chi connectivity index (χ4n) is 8.69. The molecule has 7 rings (SSSR count). The molecule has 0 aromatic heterocycles. The Morgan fingerprint density at radius 1 is 0.652 bits per heavy atom. The zero-order valence-electron chi connectivity index (χ0n) is 28.3. The van der Waals surface area contributed by atoms with E-state index in [0.717, 1.165) is 39.0 Å². The molecule has 1 atom stereocenters. The van der Waals surface area contributed by atoms with Crippen molar-refractivity contribution >= 4 is 66.5 Å². The third-order valence-electron chi connectivity index (χ3n) is 11.0. The molecule has 1 N–H and O–H groups in total. The summed E-state index contributed by atoms with van der Waals surface area (Å²) in [6.45, 7) is 16.2. The SMILES string of the molecule is CCC(CC)N1Cc2ccc3c4ccc5c6c(cc(SCC(NC(C)=O)C(C)=O)c(c7ccc(c2c37)C1)c64)CN(C(CC)CC)C5. The van der Waals surface area contributed by atoms with Gasteiger partial charge in [0.1, 0.15) is 0 Å². The number of carbonyl (C=O) groups excluding carboxylic acids is 2. The molecule has 5 aromatic carbocycles. The summed E-state index contributed by atoms with van der Waals surface area (Å²) in [4.78, 5) is 31.1. The van der Waals surface area contributed by atoms with Crippen molar-refractivity contribution in [2.75, 3.05) is 5.75 Å². The topological polar surface area (TPSA) is 52.7 Å². The molecule has 2 heterocycles. The molecule has 0 spiro atoms. The molecule has 5 nitrogen and oxygen atoms in total. The van der Waals surface area contributed by atoms with E-state index in [4.69, 9.17) is 0 Å². The average Bonchev–Trinajstić information content (AvgIpc) is 3.05. The van der Waals surface area contributed by atoms with E-state index in [0.29, 0.717) is 17.8 Å². The standard InChI is InChI=1S/C40H47N3O2S/c1-7-29(8-2)42-18-25-11-14-31-32-15-12-27-20-43(30(9-3)10-4)21-28-17-35(46-22-34(23(5)44)41-24(6)45)39(40(32)37(27)28)33-16-13-26(19-42)36(25)38(31)33/h11-17,29-30,34H,7-10,18-22H2,1-6H3,(H,41,45). The van der Waals surface area contributed by atoms with E-state index in [1.807, 2.05) is 0 Å². The molecule has 1 amide bonds. The molecule has 46 heavy (non-hydrogen) atoms. The minimum atomic E-state index is -0.514. The number of thioether (sulfide) groups is 1. The number of hydrogen-bond donors (Lipinski definition) is 1. The molecule has 1 unspecified atom stereocenters. The quantitative estimate of drug-likeness (QED) is 0.0894. The maximum Gasteiger partial charge on any atom is 0.217 e. The van der Waals surface area contributed by atoms with Gasteiger partial charge in [-0.2, -0.15) is 0 Å². The van der Waals surface area contributed by atoms with Crippen LogP contribution in [0.5, 0.6) is 0 Å². The number of Topliss-reactive ketones (excluding diaryl/α,β-unsaturated/α-hetero) is 1. The highest BCUT2D eigenvalue weighted by atomic mass is 32.2. The highest BCUT2D eigenvalue weighted by molar-refractivity contribution is 7.99. The fraction of sp³-hybridized carbons (Fsp3) is 0.450. The summed E-state index contributed by atoms with van der Waals surface area (Å²) in [6.07, 6.45) is 4.61. The largest absolute Gasteiger partial charge is 0.346 e. The van der Waals surface area contributed by atoms with Crippen LogP contribution in [0.4, 0.5) is 0 Å². The van der Waals surface area contributed by atoms with Crippen LogP contribution in [0.1, 0.15) is 89.5 Å². The van der Waals surface area contributed by atoms with Gasteiger partial charge in [0.15, 0.2) is 5.78 Å². The Bertz CT molecular complexity index is 1960. The van der Waals surface area contributed by atoms with Crippen molar-refractivity contribution in [2.45, 2.75) is 116 Å². The normalized spacial score (nSPS) is 16.1. The predicted molar refractivity (Wildman–Crippen MR) is 194 cm³/mol. The Kier molecular flexibility index (Phi) is 8.50. The lowest BCUT2D eigenvalue weighted by Crippen LogP contribution is -2.40. The number of ketones is 1. The predicted octanol–water partition coefficient (Wildman–Crippen LogP) is 8.93. The summed E-state index contributed by atoms with van der Waals surface area (Å²) in [6, 6.07) is 17.4. The number of rotatable bonds is 11. The smallest absolute Gasteiger partial charge is 0.217 e. The number of carbonyl (C=O) groups is 2. The number of nitrogens with one attached hydrogen (secondary N) is 1. The molecule has 2 aliphatic heterocycles. The van der Waals surface area contributed by atoms with Gasteiger partial charge in [-0.25, -0.2) is 0 Å². The lowest BCUT2D eigenvalue weighted by atomic mass is 9.82. The van der Waals surface area contributed by atoms with E-state index in [2.05, 4.69) is 85.3 Å². The molecular formula is C40H47N3O2S. The molecule has 0 saturated carbocycles. The molecule has 240 valence electrons. The number of fused-ring (bicyclic) bond motifs is 2. The molecule has 0 fully saturated rings. The van der Waals surface area contributed by atoms with Crippen LogP contribution in [0, 0.1) is 0 Å². The van der Waals surface area contributed by atoms with Crippen molar-refractivity contribution in [1.82, 2.24) is 15.1 Å². The van der Waals surface area contributed by atoms with Crippen molar-refractivity contribution in [3.8, 4) is 0 Å². The zero-order chi connectivity index (χ0) is 32.3. The minimum Gasteiger partial charge on any atom is -0.346 e. The first-order valence-electron chi connectivity index (χ1n) is 17.4. The van der Waals surface area contributed by atoms with Gasteiger partial charge in [-0.05, 0) is 98.6 Å². The second kappa shape index (κ2) is 12.4. The summed E-state index contributed by atoms with van der Waals surface area (Å²) >= 11 is 1.72. The lowest BCUT2D eigenvalue weighted by molar-refractivity contribution is -0.125. The van der Waals surface area contributed by atoms with Gasteiger partial charge in [0.2, 0.25) is 5.91 Å². The van der Waals surface area contributed by atoms with Gasteiger partial charge in [-0.1, -0.05) is 64.1 Å². The van der Waals surface area contributed by atoms with E-state index in [-0.39, 0.29) is 11.7 Å². The molecule has 0 aliphatic carbocycles. The van der Waals surface area contributed by atoms with Crippen molar-refractivity contribution in [2.24, 2.45) is 0 Å². The van der Waals surface area contributed by atoms with Crippen LogP contribution >= 0.6 is 11.8 Å². The highest BCUT2D eigenvalue weighted by Gasteiger charge is 2.30. The van der Waals surface area contributed by atoms with E-state index in [1.54, 1.807) is 18.7 Å². The van der Waals surface area contributed by atoms with Gasteiger partial charge in [-0.15, -0.1) is 11.8 Å². The summed E-state index contributed by atoms with van der Waals surface area (Å²) in [5, 5.41) is 13.8. The molecule has 0 bridgehead atoms. The number of nitrogens with zero attached hydrogens (tertiary/aromatic N) is 2. The van der Waals surface area contributed by atoms with Crippen molar-refractivity contribution in [3.05, 3.63) is 64.7 Å². The zero-order valence-corrected chi connectivity index (χ0v) is 29.1.